The van der Waals surface area contributed by atoms with Crippen LogP contribution in [0.25, 0.3) is 0 Å². The molecule has 0 bridgehead atoms. The molecule has 0 rings (SSSR count). The molecule has 0 spiro atoms. The number of hydrogen-bond acceptors (Lipinski definition) is 2. The van der Waals surface area contributed by atoms with E-state index in [0.29, 0.717) is 0 Å². The summed E-state index contributed by atoms with van der Waals surface area (Å²) in [6.07, 6.45) is 0. The van der Waals surface area contributed by atoms with E-state index >= 15 is 0 Å². The molecule has 0 saturated heterocycles. The van der Waals surface area contributed by atoms with E-state index in [1.54, 1.807) is 0 Å². The first-order chi connectivity index (χ1) is 6.58. The zero-order valence-electron chi connectivity index (χ0n) is 11.6. The lowest BCUT2D eigenvalue weighted by molar-refractivity contribution is 0.190. The fourth-order valence-electron chi connectivity index (χ4n) is 1.08. The van der Waals surface area contributed by atoms with Crippen molar-refractivity contribution < 1.29 is 0 Å². The molecular formula is C13H30N2. The van der Waals surface area contributed by atoms with Crippen molar-refractivity contribution in [2.75, 3.05) is 13.1 Å². The minimum absolute atomic E-state index is 0.129. The summed E-state index contributed by atoms with van der Waals surface area (Å²) in [6, 6.07) is 0. The van der Waals surface area contributed by atoms with Gasteiger partial charge >= 0.3 is 0 Å². The third-order valence-corrected chi connectivity index (χ3v) is 3.92. The SMILES string of the molecule is CC(C)C(C)CNCC(C)(C)C(C)(C)N. The van der Waals surface area contributed by atoms with Gasteiger partial charge in [-0.1, -0.05) is 34.6 Å². The van der Waals surface area contributed by atoms with Crippen molar-refractivity contribution in [3.05, 3.63) is 0 Å². The molecule has 0 radical (unpaired) electrons. The Morgan fingerprint density at radius 3 is 1.87 bits per heavy atom. The van der Waals surface area contributed by atoms with Gasteiger partial charge in [0.2, 0.25) is 0 Å². The number of rotatable bonds is 6. The van der Waals surface area contributed by atoms with Gasteiger partial charge in [-0.05, 0) is 37.6 Å². The van der Waals surface area contributed by atoms with Crippen molar-refractivity contribution in [1.82, 2.24) is 5.32 Å². The Balaban J connectivity index is 3.96. The second kappa shape index (κ2) is 5.31. The molecule has 0 amide bonds. The van der Waals surface area contributed by atoms with Crippen LogP contribution in [0.15, 0.2) is 0 Å². The predicted octanol–water partition coefficient (Wildman–Crippen LogP) is 2.63. The van der Waals surface area contributed by atoms with Crippen LogP contribution in [0.4, 0.5) is 0 Å². The Kier molecular flexibility index (Phi) is 5.28. The highest BCUT2D eigenvalue weighted by Crippen LogP contribution is 2.27. The third-order valence-electron chi connectivity index (χ3n) is 3.92. The molecule has 3 N–H and O–H groups in total. The molecule has 0 aromatic heterocycles. The van der Waals surface area contributed by atoms with Crippen LogP contribution in [0.1, 0.15) is 48.5 Å². The van der Waals surface area contributed by atoms with Gasteiger partial charge in [0.05, 0.1) is 0 Å². The maximum absolute atomic E-state index is 6.15. The smallest absolute Gasteiger partial charge is 0.0161 e. The Morgan fingerprint density at radius 2 is 1.53 bits per heavy atom. The minimum atomic E-state index is -0.138. The van der Waals surface area contributed by atoms with E-state index in [1.807, 2.05) is 0 Å². The summed E-state index contributed by atoms with van der Waals surface area (Å²) in [5, 5.41) is 3.53. The van der Waals surface area contributed by atoms with Crippen LogP contribution < -0.4 is 11.1 Å². The summed E-state index contributed by atoms with van der Waals surface area (Å²) in [5.74, 6) is 1.47. The molecular weight excluding hydrogens is 184 g/mol. The first-order valence-electron chi connectivity index (χ1n) is 6.07. The monoisotopic (exact) mass is 214 g/mol. The van der Waals surface area contributed by atoms with Crippen LogP contribution in [0.2, 0.25) is 0 Å². The molecule has 92 valence electrons. The summed E-state index contributed by atoms with van der Waals surface area (Å²) in [6.45, 7) is 17.5. The zero-order valence-corrected chi connectivity index (χ0v) is 11.6. The lowest BCUT2D eigenvalue weighted by atomic mass is 9.75. The van der Waals surface area contributed by atoms with E-state index in [-0.39, 0.29) is 11.0 Å². The van der Waals surface area contributed by atoms with Crippen molar-refractivity contribution in [2.24, 2.45) is 23.0 Å². The molecule has 0 aromatic carbocycles. The average Bonchev–Trinajstić information content (AvgIpc) is 2.01. The molecule has 0 aliphatic rings. The van der Waals surface area contributed by atoms with Crippen molar-refractivity contribution >= 4 is 0 Å². The topological polar surface area (TPSA) is 38.0 Å². The van der Waals surface area contributed by atoms with E-state index < -0.39 is 0 Å². The Hall–Kier alpha value is -0.0800. The first-order valence-corrected chi connectivity index (χ1v) is 6.07. The lowest BCUT2D eigenvalue weighted by Gasteiger charge is -2.39. The maximum Gasteiger partial charge on any atom is 0.0161 e. The van der Waals surface area contributed by atoms with E-state index in [0.717, 1.165) is 24.9 Å². The van der Waals surface area contributed by atoms with Gasteiger partial charge in [0.25, 0.3) is 0 Å². The van der Waals surface area contributed by atoms with E-state index in [1.165, 1.54) is 0 Å². The maximum atomic E-state index is 6.15. The fraction of sp³-hybridized carbons (Fsp3) is 1.00. The number of nitrogens with one attached hydrogen (secondary N) is 1. The average molecular weight is 214 g/mol. The second-order valence-electron chi connectivity index (χ2n) is 6.46. The van der Waals surface area contributed by atoms with Gasteiger partial charge in [-0.15, -0.1) is 0 Å². The molecule has 0 saturated carbocycles. The van der Waals surface area contributed by atoms with Gasteiger partial charge in [0, 0.05) is 12.1 Å². The molecule has 0 aliphatic carbocycles. The van der Waals surface area contributed by atoms with Crippen LogP contribution in [0.5, 0.6) is 0 Å². The normalized spacial score (nSPS) is 15.8. The van der Waals surface area contributed by atoms with Crippen molar-refractivity contribution in [2.45, 2.75) is 54.0 Å². The quantitative estimate of drug-likeness (QED) is 0.713. The summed E-state index contributed by atoms with van der Waals surface area (Å²) in [5.41, 5.74) is 6.14. The van der Waals surface area contributed by atoms with Crippen molar-refractivity contribution in [3.63, 3.8) is 0 Å². The lowest BCUT2D eigenvalue weighted by Crippen LogP contribution is -2.52. The minimum Gasteiger partial charge on any atom is -0.325 e. The van der Waals surface area contributed by atoms with Gasteiger partial charge in [-0.3, -0.25) is 0 Å². The standard InChI is InChI=1S/C13H30N2/c1-10(2)11(3)8-15-9-12(4,5)13(6,7)14/h10-11,15H,8-9,14H2,1-7H3. The molecule has 1 unspecified atom stereocenters. The van der Waals surface area contributed by atoms with Crippen LogP contribution in [-0.2, 0) is 0 Å². The zero-order chi connectivity index (χ0) is 12.3. The van der Waals surface area contributed by atoms with Gasteiger partial charge in [-0.25, -0.2) is 0 Å². The molecule has 0 fully saturated rings. The highest BCUT2D eigenvalue weighted by Gasteiger charge is 2.32. The first kappa shape index (κ1) is 14.9. The van der Waals surface area contributed by atoms with E-state index in [2.05, 4.69) is 53.8 Å². The van der Waals surface area contributed by atoms with Gasteiger partial charge in [0.1, 0.15) is 0 Å². The fourth-order valence-corrected chi connectivity index (χ4v) is 1.08. The molecule has 15 heavy (non-hydrogen) atoms. The Morgan fingerprint density at radius 1 is 1.07 bits per heavy atom. The predicted molar refractivity (Wildman–Crippen MR) is 68.9 cm³/mol. The van der Waals surface area contributed by atoms with E-state index in [9.17, 15) is 0 Å². The van der Waals surface area contributed by atoms with Crippen LogP contribution in [0.3, 0.4) is 0 Å². The van der Waals surface area contributed by atoms with Crippen molar-refractivity contribution in [1.29, 1.82) is 0 Å². The van der Waals surface area contributed by atoms with Gasteiger partial charge in [-0.2, -0.15) is 0 Å². The summed E-state index contributed by atoms with van der Waals surface area (Å²) in [7, 11) is 0. The summed E-state index contributed by atoms with van der Waals surface area (Å²) >= 11 is 0. The molecule has 0 aromatic rings. The molecule has 2 heteroatoms. The molecule has 0 aliphatic heterocycles. The summed E-state index contributed by atoms with van der Waals surface area (Å²) in [4.78, 5) is 0. The Bertz CT molecular complexity index is 177. The van der Waals surface area contributed by atoms with E-state index in [4.69, 9.17) is 5.73 Å². The third kappa shape index (κ3) is 4.98. The number of hydrogen-bond donors (Lipinski definition) is 2. The summed E-state index contributed by atoms with van der Waals surface area (Å²) < 4.78 is 0. The van der Waals surface area contributed by atoms with Gasteiger partial charge < -0.3 is 11.1 Å². The van der Waals surface area contributed by atoms with Crippen molar-refractivity contribution in [3.8, 4) is 0 Å². The highest BCUT2D eigenvalue weighted by atomic mass is 14.9. The molecule has 0 heterocycles. The van der Waals surface area contributed by atoms with Crippen LogP contribution in [0, 0.1) is 17.3 Å². The number of nitrogens with two attached hydrogens (primary N) is 1. The second-order valence-corrected chi connectivity index (χ2v) is 6.46. The molecule has 2 nitrogen and oxygen atoms in total. The van der Waals surface area contributed by atoms with Crippen LogP contribution >= 0.6 is 0 Å². The van der Waals surface area contributed by atoms with Crippen LogP contribution in [-0.4, -0.2) is 18.6 Å². The molecule has 1 atom stereocenters. The largest absolute Gasteiger partial charge is 0.325 e. The Labute approximate surface area is 96.0 Å². The van der Waals surface area contributed by atoms with Gasteiger partial charge in [0.15, 0.2) is 0 Å². The highest BCUT2D eigenvalue weighted by molar-refractivity contribution is 4.91.